The highest BCUT2D eigenvalue weighted by atomic mass is 19.1. The second-order valence-corrected chi connectivity index (χ2v) is 4.47. The van der Waals surface area contributed by atoms with E-state index in [4.69, 9.17) is 0 Å². The Hall–Kier alpha value is -0.930. The van der Waals surface area contributed by atoms with E-state index in [2.05, 4.69) is 5.32 Å². The summed E-state index contributed by atoms with van der Waals surface area (Å²) < 4.78 is 12.9. The fourth-order valence-corrected chi connectivity index (χ4v) is 2.25. The van der Waals surface area contributed by atoms with Crippen LogP contribution < -0.4 is 5.32 Å². The van der Waals surface area contributed by atoms with Crippen LogP contribution in [0.15, 0.2) is 24.3 Å². The Kier molecular flexibility index (Phi) is 3.91. The molecule has 1 fully saturated rings. The number of rotatable bonds is 3. The van der Waals surface area contributed by atoms with Crippen LogP contribution in [-0.4, -0.2) is 17.3 Å². The van der Waals surface area contributed by atoms with Crippen LogP contribution in [0.4, 0.5) is 4.39 Å². The molecule has 0 heterocycles. The molecular formula is C13H18FNO. The van der Waals surface area contributed by atoms with Gasteiger partial charge in [-0.3, -0.25) is 0 Å². The molecule has 2 N–H and O–H groups in total. The van der Waals surface area contributed by atoms with Crippen molar-refractivity contribution in [3.05, 3.63) is 35.6 Å². The lowest BCUT2D eigenvalue weighted by molar-refractivity contribution is 0.0902. The zero-order valence-corrected chi connectivity index (χ0v) is 9.32. The molecule has 0 aliphatic heterocycles. The minimum atomic E-state index is -0.248. The van der Waals surface area contributed by atoms with Crippen LogP contribution >= 0.6 is 0 Å². The molecule has 0 saturated heterocycles. The van der Waals surface area contributed by atoms with Crippen molar-refractivity contribution in [2.24, 2.45) is 0 Å². The van der Waals surface area contributed by atoms with Crippen molar-refractivity contribution in [2.75, 3.05) is 0 Å². The first-order valence-electron chi connectivity index (χ1n) is 5.91. The second kappa shape index (κ2) is 5.41. The normalized spacial score (nSPS) is 25.6. The van der Waals surface area contributed by atoms with E-state index < -0.39 is 0 Å². The first kappa shape index (κ1) is 11.6. The molecule has 16 heavy (non-hydrogen) atoms. The van der Waals surface area contributed by atoms with Gasteiger partial charge in [-0.2, -0.15) is 0 Å². The van der Waals surface area contributed by atoms with Gasteiger partial charge in [-0.25, -0.2) is 4.39 Å². The molecule has 1 aliphatic rings. The van der Waals surface area contributed by atoms with E-state index in [-0.39, 0.29) is 18.0 Å². The van der Waals surface area contributed by atoms with Gasteiger partial charge in [0.1, 0.15) is 5.82 Å². The molecule has 0 amide bonds. The Labute approximate surface area is 95.5 Å². The average molecular weight is 223 g/mol. The van der Waals surface area contributed by atoms with Crippen LogP contribution in [0.5, 0.6) is 0 Å². The summed E-state index contributed by atoms with van der Waals surface area (Å²) in [7, 11) is 0. The van der Waals surface area contributed by atoms with Gasteiger partial charge in [0.2, 0.25) is 0 Å². The topological polar surface area (TPSA) is 32.3 Å². The van der Waals surface area contributed by atoms with E-state index in [0.717, 1.165) is 31.2 Å². The molecule has 88 valence electrons. The first-order valence-corrected chi connectivity index (χ1v) is 5.91. The van der Waals surface area contributed by atoms with Gasteiger partial charge in [-0.15, -0.1) is 0 Å². The highest BCUT2D eigenvalue weighted by Gasteiger charge is 2.21. The van der Waals surface area contributed by atoms with Crippen LogP contribution in [0.1, 0.15) is 31.2 Å². The van der Waals surface area contributed by atoms with E-state index in [0.29, 0.717) is 6.54 Å². The van der Waals surface area contributed by atoms with Crippen molar-refractivity contribution < 1.29 is 9.50 Å². The summed E-state index contributed by atoms with van der Waals surface area (Å²) in [5.74, 6) is -0.205. The van der Waals surface area contributed by atoms with Crippen LogP contribution in [0.2, 0.25) is 0 Å². The summed E-state index contributed by atoms with van der Waals surface area (Å²) >= 11 is 0. The predicted octanol–water partition coefficient (Wildman–Crippen LogP) is 2.22. The van der Waals surface area contributed by atoms with E-state index >= 15 is 0 Å². The zero-order valence-electron chi connectivity index (χ0n) is 9.32. The summed E-state index contributed by atoms with van der Waals surface area (Å²) in [4.78, 5) is 0. The van der Waals surface area contributed by atoms with E-state index in [1.54, 1.807) is 6.07 Å². The maximum atomic E-state index is 12.9. The lowest BCUT2D eigenvalue weighted by atomic mass is 9.92. The van der Waals surface area contributed by atoms with Gasteiger partial charge in [0.15, 0.2) is 0 Å². The van der Waals surface area contributed by atoms with Crippen LogP contribution in [0.3, 0.4) is 0 Å². The number of hydrogen-bond acceptors (Lipinski definition) is 2. The maximum Gasteiger partial charge on any atom is 0.123 e. The monoisotopic (exact) mass is 223 g/mol. The zero-order chi connectivity index (χ0) is 11.4. The molecule has 0 aromatic heterocycles. The fourth-order valence-electron chi connectivity index (χ4n) is 2.25. The lowest BCUT2D eigenvalue weighted by Gasteiger charge is -2.28. The van der Waals surface area contributed by atoms with Crippen molar-refractivity contribution >= 4 is 0 Å². The largest absolute Gasteiger partial charge is 0.392 e. The lowest BCUT2D eigenvalue weighted by Crippen LogP contribution is -2.41. The summed E-state index contributed by atoms with van der Waals surface area (Å²) in [6, 6.07) is 6.74. The summed E-state index contributed by atoms with van der Waals surface area (Å²) in [6.07, 6.45) is 3.91. The van der Waals surface area contributed by atoms with Crippen LogP contribution in [0.25, 0.3) is 0 Å². The molecule has 1 saturated carbocycles. The Bertz CT molecular complexity index is 342. The quantitative estimate of drug-likeness (QED) is 0.823. The predicted molar refractivity (Wildman–Crippen MR) is 61.5 cm³/mol. The molecule has 0 bridgehead atoms. The highest BCUT2D eigenvalue weighted by Crippen LogP contribution is 2.18. The van der Waals surface area contributed by atoms with Crippen molar-refractivity contribution in [1.29, 1.82) is 0 Å². The van der Waals surface area contributed by atoms with Gasteiger partial charge in [0.05, 0.1) is 6.10 Å². The Morgan fingerprint density at radius 1 is 1.31 bits per heavy atom. The molecule has 2 atom stereocenters. The van der Waals surface area contributed by atoms with Crippen LogP contribution in [0, 0.1) is 5.82 Å². The first-order chi connectivity index (χ1) is 7.75. The van der Waals surface area contributed by atoms with Gasteiger partial charge in [0.25, 0.3) is 0 Å². The number of nitrogens with one attached hydrogen (secondary N) is 1. The third-order valence-corrected chi connectivity index (χ3v) is 3.19. The summed E-state index contributed by atoms with van der Waals surface area (Å²) in [6.45, 7) is 0.624. The van der Waals surface area contributed by atoms with Crippen molar-refractivity contribution in [3.8, 4) is 0 Å². The van der Waals surface area contributed by atoms with Gasteiger partial charge in [-0.1, -0.05) is 25.0 Å². The maximum absolute atomic E-state index is 12.9. The Balaban J connectivity index is 1.86. The Morgan fingerprint density at radius 2 is 2.12 bits per heavy atom. The molecule has 2 rings (SSSR count). The van der Waals surface area contributed by atoms with Crippen molar-refractivity contribution in [3.63, 3.8) is 0 Å². The summed E-state index contributed by atoms with van der Waals surface area (Å²) in [5.41, 5.74) is 0.928. The molecule has 1 aliphatic carbocycles. The Morgan fingerprint density at radius 3 is 2.88 bits per heavy atom. The molecule has 0 radical (unpaired) electrons. The number of aliphatic hydroxyl groups is 1. The van der Waals surface area contributed by atoms with E-state index in [9.17, 15) is 9.50 Å². The smallest absolute Gasteiger partial charge is 0.123 e. The number of halogens is 1. The molecule has 3 heteroatoms. The second-order valence-electron chi connectivity index (χ2n) is 4.47. The average Bonchev–Trinajstić information content (AvgIpc) is 2.28. The van der Waals surface area contributed by atoms with Gasteiger partial charge in [0, 0.05) is 12.6 Å². The molecular weight excluding hydrogens is 205 g/mol. The number of aliphatic hydroxyl groups excluding tert-OH is 1. The van der Waals surface area contributed by atoms with Gasteiger partial charge < -0.3 is 10.4 Å². The molecule has 1 aromatic carbocycles. The van der Waals surface area contributed by atoms with Gasteiger partial charge in [-0.05, 0) is 30.5 Å². The molecule has 0 spiro atoms. The SMILES string of the molecule is O[C@@H]1CCCC[C@H]1NCc1cccc(F)c1. The van der Waals surface area contributed by atoms with E-state index in [1.165, 1.54) is 12.1 Å². The molecule has 2 nitrogen and oxygen atoms in total. The summed E-state index contributed by atoms with van der Waals surface area (Å²) in [5, 5.41) is 13.1. The highest BCUT2D eigenvalue weighted by molar-refractivity contribution is 5.16. The molecule has 1 aromatic rings. The third-order valence-electron chi connectivity index (χ3n) is 3.19. The number of hydrogen-bond donors (Lipinski definition) is 2. The standard InChI is InChI=1S/C13H18FNO/c14-11-5-3-4-10(8-11)9-15-12-6-1-2-7-13(12)16/h3-5,8,12-13,15-16H,1-2,6-7,9H2/t12-,13-/m1/s1. The van der Waals surface area contributed by atoms with Crippen molar-refractivity contribution in [2.45, 2.75) is 44.4 Å². The minimum absolute atomic E-state index is 0.164. The fraction of sp³-hybridized carbons (Fsp3) is 0.538. The van der Waals surface area contributed by atoms with Crippen LogP contribution in [-0.2, 0) is 6.54 Å². The number of benzene rings is 1. The van der Waals surface area contributed by atoms with E-state index in [1.807, 2.05) is 6.07 Å². The minimum Gasteiger partial charge on any atom is -0.392 e. The van der Waals surface area contributed by atoms with Gasteiger partial charge >= 0.3 is 0 Å². The van der Waals surface area contributed by atoms with Crippen molar-refractivity contribution in [1.82, 2.24) is 5.32 Å². The third kappa shape index (κ3) is 3.03. The molecule has 0 unspecified atom stereocenters.